The first-order valence-corrected chi connectivity index (χ1v) is 20.8. The van der Waals surface area contributed by atoms with Gasteiger partial charge in [0.05, 0.1) is 37.4 Å². The summed E-state index contributed by atoms with van der Waals surface area (Å²) in [4.78, 5) is 24.1. The molecule has 5 aromatic carbocycles. The summed E-state index contributed by atoms with van der Waals surface area (Å²) in [5.74, 6) is 1.52. The van der Waals surface area contributed by atoms with Gasteiger partial charge in [0.1, 0.15) is 17.2 Å². The minimum Gasteiger partial charge on any atom is -0.497 e. The lowest BCUT2D eigenvalue weighted by atomic mass is 9.91. The van der Waals surface area contributed by atoms with Crippen molar-refractivity contribution >= 4 is 18.0 Å². The van der Waals surface area contributed by atoms with Crippen molar-refractivity contribution in [1.82, 2.24) is 0 Å². The molecule has 0 heterocycles. The molecule has 0 aliphatic heterocycles. The van der Waals surface area contributed by atoms with Gasteiger partial charge in [-0.05, 0) is 147 Å². The van der Waals surface area contributed by atoms with E-state index in [1.807, 2.05) is 106 Å². The summed E-state index contributed by atoms with van der Waals surface area (Å²) in [6, 6.07) is 41.4. The number of aryl methyl sites for hydroxylation is 1. The van der Waals surface area contributed by atoms with E-state index in [4.69, 9.17) is 24.2 Å². The Morgan fingerprint density at radius 3 is 1.69 bits per heavy atom. The van der Waals surface area contributed by atoms with E-state index >= 15 is 0 Å². The molecule has 0 bridgehead atoms. The van der Waals surface area contributed by atoms with E-state index in [0.29, 0.717) is 24.5 Å². The van der Waals surface area contributed by atoms with Crippen LogP contribution in [-0.2, 0) is 20.7 Å². The van der Waals surface area contributed by atoms with Gasteiger partial charge in [-0.15, -0.1) is 0 Å². The van der Waals surface area contributed by atoms with Crippen LogP contribution in [0, 0.1) is 16.7 Å². The Morgan fingerprint density at radius 2 is 1.15 bits per heavy atom. The molecule has 0 aromatic heterocycles. The van der Waals surface area contributed by atoms with E-state index < -0.39 is 11.4 Å². The standard InChI is InChI=1S/C34H40O6.C18H19N/c1-5-34(2,3)33(36)39-25-9-7-6-8-24-38-30-19-13-27(14-20-30)28-15-21-31(22-16-28)40-32(35)23-12-26-10-17-29(37-4)18-11-26;1-2-3-4-5-15-6-10-17(11-7-15)18-12-8-16(14-19)9-13-18/h10-23H,5-9,24-25H2,1-4H3;6-13H,2-5H2,1H3/b23-12+;. The van der Waals surface area contributed by atoms with Crippen molar-refractivity contribution in [2.45, 2.75) is 85.5 Å². The fourth-order valence-corrected chi connectivity index (χ4v) is 5.92. The van der Waals surface area contributed by atoms with Crippen molar-refractivity contribution in [1.29, 1.82) is 5.26 Å². The Labute approximate surface area is 351 Å². The number of hydrogen-bond donors (Lipinski definition) is 0. The number of benzene rings is 5. The highest BCUT2D eigenvalue weighted by atomic mass is 16.5. The Balaban J connectivity index is 0.000000336. The molecule has 0 N–H and O–H groups in total. The second-order valence-corrected chi connectivity index (χ2v) is 15.1. The number of ether oxygens (including phenoxy) is 4. The number of hydrogen-bond acceptors (Lipinski definition) is 7. The molecular weight excluding hydrogens is 735 g/mol. The molecule has 0 unspecified atom stereocenters. The summed E-state index contributed by atoms with van der Waals surface area (Å²) in [6.07, 6.45) is 12.7. The predicted molar refractivity (Wildman–Crippen MR) is 238 cm³/mol. The molecule has 7 nitrogen and oxygen atoms in total. The fourth-order valence-electron chi connectivity index (χ4n) is 5.92. The number of rotatable bonds is 20. The summed E-state index contributed by atoms with van der Waals surface area (Å²) >= 11 is 0. The lowest BCUT2D eigenvalue weighted by Gasteiger charge is -2.20. The van der Waals surface area contributed by atoms with Crippen LogP contribution in [0.3, 0.4) is 0 Å². The Kier molecular flexibility index (Phi) is 19.0. The van der Waals surface area contributed by atoms with Crippen molar-refractivity contribution in [3.8, 4) is 45.6 Å². The molecule has 5 aromatic rings. The van der Waals surface area contributed by atoms with Gasteiger partial charge < -0.3 is 18.9 Å². The number of carbonyl (C=O) groups is 2. The number of nitriles is 1. The Bertz CT molecular complexity index is 2060. The smallest absolute Gasteiger partial charge is 0.336 e. The molecule has 59 heavy (non-hydrogen) atoms. The second kappa shape index (κ2) is 24.6. The monoisotopic (exact) mass is 793 g/mol. The second-order valence-electron chi connectivity index (χ2n) is 15.1. The highest BCUT2D eigenvalue weighted by Crippen LogP contribution is 2.26. The number of nitrogens with zero attached hydrogens (tertiary/aromatic N) is 1. The maximum absolute atomic E-state index is 12.2. The van der Waals surface area contributed by atoms with E-state index in [1.165, 1.54) is 48.4 Å². The minimum absolute atomic E-state index is 0.115. The zero-order valence-corrected chi connectivity index (χ0v) is 35.4. The molecule has 0 saturated heterocycles. The van der Waals surface area contributed by atoms with Gasteiger partial charge in [-0.25, -0.2) is 4.79 Å². The first-order valence-electron chi connectivity index (χ1n) is 20.8. The first kappa shape index (κ1) is 45.6. The maximum atomic E-state index is 12.2. The summed E-state index contributed by atoms with van der Waals surface area (Å²) < 4.78 is 21.8. The molecule has 0 fully saturated rings. The molecule has 0 aliphatic carbocycles. The third kappa shape index (κ3) is 16.0. The van der Waals surface area contributed by atoms with Gasteiger partial charge in [-0.3, -0.25) is 4.79 Å². The average molecular weight is 794 g/mol. The maximum Gasteiger partial charge on any atom is 0.336 e. The van der Waals surface area contributed by atoms with Crippen LogP contribution < -0.4 is 14.2 Å². The van der Waals surface area contributed by atoms with Crippen molar-refractivity contribution in [2.24, 2.45) is 5.41 Å². The summed E-state index contributed by atoms with van der Waals surface area (Å²) in [6.45, 7) is 9.19. The molecule has 0 aliphatic rings. The van der Waals surface area contributed by atoms with E-state index in [-0.39, 0.29) is 5.97 Å². The van der Waals surface area contributed by atoms with Crippen LogP contribution in [0.4, 0.5) is 0 Å². The zero-order chi connectivity index (χ0) is 42.3. The third-order valence-electron chi connectivity index (χ3n) is 10.1. The van der Waals surface area contributed by atoms with Gasteiger partial charge in [-0.2, -0.15) is 5.26 Å². The van der Waals surface area contributed by atoms with Crippen molar-refractivity contribution < 1.29 is 28.5 Å². The van der Waals surface area contributed by atoms with Crippen LogP contribution >= 0.6 is 0 Å². The number of esters is 2. The van der Waals surface area contributed by atoms with Crippen LogP contribution in [-0.4, -0.2) is 32.3 Å². The lowest BCUT2D eigenvalue weighted by Crippen LogP contribution is -2.26. The largest absolute Gasteiger partial charge is 0.497 e. The van der Waals surface area contributed by atoms with E-state index in [9.17, 15) is 9.59 Å². The molecule has 308 valence electrons. The van der Waals surface area contributed by atoms with E-state index in [0.717, 1.165) is 60.3 Å². The molecule has 0 saturated carbocycles. The van der Waals surface area contributed by atoms with Crippen molar-refractivity contribution in [3.63, 3.8) is 0 Å². The van der Waals surface area contributed by atoms with Crippen LogP contribution in [0.5, 0.6) is 17.2 Å². The Morgan fingerprint density at radius 1 is 0.627 bits per heavy atom. The minimum atomic E-state index is -0.440. The number of methoxy groups -OCH3 is 1. The third-order valence-corrected chi connectivity index (χ3v) is 10.1. The molecule has 5 rings (SSSR count). The first-order chi connectivity index (χ1) is 28.6. The van der Waals surface area contributed by atoms with E-state index in [2.05, 4.69) is 37.3 Å². The molecule has 7 heteroatoms. The van der Waals surface area contributed by atoms with Crippen LogP contribution in [0.2, 0.25) is 0 Å². The normalized spacial score (nSPS) is 10.9. The van der Waals surface area contributed by atoms with Crippen LogP contribution in [0.25, 0.3) is 28.3 Å². The SMILES string of the molecule is CCC(C)(C)C(=O)OCCCCCCOc1ccc(-c2ccc(OC(=O)/C=C/c3ccc(OC)cc3)cc2)cc1.CCCCCc1ccc(-c2ccc(C#N)cc2)cc1. The molecule has 0 atom stereocenters. The molecular formula is C52H59NO6. The van der Waals surface area contributed by atoms with Gasteiger partial charge in [0.15, 0.2) is 0 Å². The van der Waals surface area contributed by atoms with Crippen molar-refractivity contribution in [3.05, 3.63) is 144 Å². The van der Waals surface area contributed by atoms with Crippen LogP contribution in [0.15, 0.2) is 127 Å². The summed E-state index contributed by atoms with van der Waals surface area (Å²) in [7, 11) is 1.61. The van der Waals surface area contributed by atoms with Gasteiger partial charge in [-0.1, -0.05) is 99.5 Å². The Hall–Kier alpha value is -6.13. The number of carbonyl (C=O) groups excluding carboxylic acids is 2. The topological polar surface area (TPSA) is 94.8 Å². The lowest BCUT2D eigenvalue weighted by molar-refractivity contribution is -0.154. The summed E-state index contributed by atoms with van der Waals surface area (Å²) in [5, 5.41) is 8.79. The average Bonchev–Trinajstić information content (AvgIpc) is 3.27. The predicted octanol–water partition coefficient (Wildman–Crippen LogP) is 12.9. The number of unbranched alkanes of at least 4 members (excludes halogenated alkanes) is 5. The van der Waals surface area contributed by atoms with Gasteiger partial charge in [0.2, 0.25) is 0 Å². The van der Waals surface area contributed by atoms with Gasteiger partial charge in [0.25, 0.3) is 0 Å². The molecule has 0 amide bonds. The molecule has 0 radical (unpaired) electrons. The van der Waals surface area contributed by atoms with Crippen LogP contribution in [0.1, 0.15) is 95.8 Å². The molecule has 0 spiro atoms. The highest BCUT2D eigenvalue weighted by molar-refractivity contribution is 5.88. The van der Waals surface area contributed by atoms with Gasteiger partial charge in [0, 0.05) is 6.08 Å². The highest BCUT2D eigenvalue weighted by Gasteiger charge is 2.26. The summed E-state index contributed by atoms with van der Waals surface area (Å²) in [5.41, 5.74) is 7.03. The van der Waals surface area contributed by atoms with Crippen molar-refractivity contribution in [2.75, 3.05) is 20.3 Å². The fraction of sp³-hybridized carbons (Fsp3) is 0.327. The quantitative estimate of drug-likeness (QED) is 0.0335. The van der Waals surface area contributed by atoms with E-state index in [1.54, 1.807) is 25.3 Å². The van der Waals surface area contributed by atoms with Gasteiger partial charge >= 0.3 is 11.9 Å². The zero-order valence-electron chi connectivity index (χ0n) is 35.4.